The molecule has 1 unspecified atom stereocenters. The monoisotopic (exact) mass is 646 g/mol. The van der Waals surface area contributed by atoms with E-state index < -0.39 is 0 Å². The van der Waals surface area contributed by atoms with Gasteiger partial charge in [-0.3, -0.25) is 4.99 Å². The van der Waals surface area contributed by atoms with Crippen LogP contribution in [0, 0.1) is 28.1 Å². The number of nitrogens with zero attached hydrogens (tertiary/aromatic N) is 5. The Morgan fingerprint density at radius 1 is 1.08 bits per heavy atom. The molecule has 1 atom stereocenters. The zero-order valence-corrected chi connectivity index (χ0v) is 29.6. The lowest BCUT2D eigenvalue weighted by molar-refractivity contribution is 0.0194. The number of allylic oxidation sites excluding steroid dienone is 4. The van der Waals surface area contributed by atoms with Gasteiger partial charge >= 0.3 is 0 Å². The summed E-state index contributed by atoms with van der Waals surface area (Å²) in [6.07, 6.45) is 8.01. The third-order valence-electron chi connectivity index (χ3n) is 11.8. The van der Waals surface area contributed by atoms with E-state index in [1.807, 2.05) is 6.92 Å². The minimum atomic E-state index is 0.00999. The predicted molar refractivity (Wildman–Crippen MR) is 198 cm³/mol. The molecule has 4 aliphatic carbocycles. The fourth-order valence-electron chi connectivity index (χ4n) is 8.10. The molecule has 6 rings (SSSR count). The van der Waals surface area contributed by atoms with Crippen LogP contribution in [0.15, 0.2) is 101 Å². The minimum Gasteiger partial charge on any atom is -0.383 e. The van der Waals surface area contributed by atoms with E-state index in [-0.39, 0.29) is 10.8 Å². The van der Waals surface area contributed by atoms with Gasteiger partial charge in [0.1, 0.15) is 0 Å². The highest BCUT2D eigenvalue weighted by molar-refractivity contribution is 6.06. The quantitative estimate of drug-likeness (QED) is 0.0555. The van der Waals surface area contributed by atoms with Crippen LogP contribution in [0.25, 0.3) is 0 Å². The number of rotatable bonds is 12. The van der Waals surface area contributed by atoms with Gasteiger partial charge in [0.25, 0.3) is 0 Å². The van der Waals surface area contributed by atoms with E-state index in [4.69, 9.17) is 10.8 Å². The third kappa shape index (κ3) is 6.66. The zero-order valence-electron chi connectivity index (χ0n) is 29.6. The van der Waals surface area contributed by atoms with Gasteiger partial charge in [0, 0.05) is 61.5 Å². The maximum atomic E-state index is 9.45. The van der Waals surface area contributed by atoms with Crippen LogP contribution in [-0.2, 0) is 19.5 Å². The molecule has 2 bridgehead atoms. The number of aliphatic imine (C=N–C) groups is 2. The Balaban J connectivity index is 1.15. The topological polar surface area (TPSA) is 105 Å². The molecule has 48 heavy (non-hydrogen) atoms. The van der Waals surface area contributed by atoms with Crippen LogP contribution < -0.4 is 16.5 Å². The summed E-state index contributed by atoms with van der Waals surface area (Å²) < 4.78 is 0. The fraction of sp³-hybridized carbons (Fsp3) is 0.475. The van der Waals surface area contributed by atoms with Gasteiger partial charge in [-0.2, -0.15) is 5.26 Å². The first kappa shape index (κ1) is 35.0. The summed E-state index contributed by atoms with van der Waals surface area (Å²) in [5.74, 6) is 7.30. The standard InChI is InChI=1S/C40H54N8/c1-10-36(31(7)44-23-33-11-12-34-13-20-47(24-35(34)21-33)37-28(4)27(3)29(37)5)46-38(43-9)48(42)32(8)30(6)45-25-39-14-17-40(18-15-39,19-16-39)26(2)22-41/h11-12,21,28,44-45H,2-3,6-8,10,13-20,23-25,42H2,1,4-5,9H3/b43-38?,46-36+. The Hall–Kier alpha value is -4.35. The van der Waals surface area contributed by atoms with Gasteiger partial charge in [-0.05, 0) is 91.5 Å². The van der Waals surface area contributed by atoms with Gasteiger partial charge in [0.05, 0.1) is 23.2 Å². The van der Waals surface area contributed by atoms with Crippen molar-refractivity contribution in [3.63, 3.8) is 0 Å². The zero-order chi connectivity index (χ0) is 34.8. The number of nitrogens with one attached hydrogen (secondary N) is 2. The SMILES string of the molecule is C=C(NCC12CCC(C(=C)C#N)(CC1)CC2)C(=C)N(N)C(=NC)/N=C(\CC)C(=C)NCc1ccc2c(c1)CN(C1=C(C)C(=C)C1C)CC2. The maximum Gasteiger partial charge on any atom is 0.240 e. The molecule has 1 aromatic carbocycles. The van der Waals surface area contributed by atoms with E-state index in [0.717, 1.165) is 81.6 Å². The van der Waals surface area contributed by atoms with Crippen molar-refractivity contribution in [2.45, 2.75) is 85.2 Å². The Kier molecular flexibility index (Phi) is 10.2. The summed E-state index contributed by atoms with van der Waals surface area (Å²) in [4.78, 5) is 11.7. The molecule has 3 fully saturated rings. The highest BCUT2D eigenvalue weighted by Gasteiger charge is 2.49. The first-order chi connectivity index (χ1) is 22.9. The van der Waals surface area contributed by atoms with Gasteiger partial charge < -0.3 is 15.5 Å². The number of nitriles is 1. The van der Waals surface area contributed by atoms with Crippen molar-refractivity contribution in [3.8, 4) is 6.07 Å². The van der Waals surface area contributed by atoms with Crippen LogP contribution in [0.2, 0.25) is 0 Å². The Morgan fingerprint density at radius 2 is 1.77 bits per heavy atom. The van der Waals surface area contributed by atoms with E-state index in [1.165, 1.54) is 38.5 Å². The second-order valence-corrected chi connectivity index (χ2v) is 14.3. The molecule has 0 saturated heterocycles. The van der Waals surface area contributed by atoms with Gasteiger partial charge in [0.2, 0.25) is 5.96 Å². The van der Waals surface area contributed by atoms with Crippen molar-refractivity contribution in [3.05, 3.63) is 107 Å². The Morgan fingerprint density at radius 3 is 2.38 bits per heavy atom. The Bertz CT molecular complexity index is 1640. The highest BCUT2D eigenvalue weighted by Crippen LogP contribution is 2.59. The molecule has 8 heteroatoms. The number of hydrazine groups is 1. The molecule has 3 saturated carbocycles. The largest absolute Gasteiger partial charge is 0.383 e. The summed E-state index contributed by atoms with van der Waals surface area (Å²) in [5, 5.41) is 17.8. The number of benzene rings is 1. The van der Waals surface area contributed by atoms with Gasteiger partial charge in [-0.25, -0.2) is 15.8 Å². The minimum absolute atomic E-state index is 0.00999. The molecular formula is C40H54N8. The molecule has 1 aliphatic heterocycles. The molecule has 0 radical (unpaired) electrons. The van der Waals surface area contributed by atoms with Gasteiger partial charge in [-0.15, -0.1) is 0 Å². The van der Waals surface area contributed by atoms with Crippen molar-refractivity contribution in [1.29, 1.82) is 5.26 Å². The molecule has 8 nitrogen and oxygen atoms in total. The second-order valence-electron chi connectivity index (χ2n) is 14.3. The first-order valence-electron chi connectivity index (χ1n) is 17.4. The molecule has 0 spiro atoms. The molecule has 254 valence electrons. The normalized spacial score (nSPS) is 25.1. The Labute approximate surface area is 288 Å². The van der Waals surface area contributed by atoms with Crippen molar-refractivity contribution >= 4 is 11.7 Å². The summed E-state index contributed by atoms with van der Waals surface area (Å²) >= 11 is 0. The lowest BCUT2D eigenvalue weighted by Crippen LogP contribution is -2.47. The van der Waals surface area contributed by atoms with E-state index in [0.29, 0.717) is 36.2 Å². The van der Waals surface area contributed by atoms with E-state index >= 15 is 0 Å². The predicted octanol–water partition coefficient (Wildman–Crippen LogP) is 7.18. The number of nitrogens with two attached hydrogens (primary N) is 1. The summed E-state index contributed by atoms with van der Waals surface area (Å²) in [7, 11) is 1.67. The van der Waals surface area contributed by atoms with Crippen molar-refractivity contribution in [2.75, 3.05) is 20.1 Å². The molecular weight excluding hydrogens is 592 g/mol. The van der Waals surface area contributed by atoms with Crippen LogP contribution >= 0.6 is 0 Å². The van der Waals surface area contributed by atoms with Crippen molar-refractivity contribution < 1.29 is 0 Å². The van der Waals surface area contributed by atoms with Gasteiger partial charge in [0.15, 0.2) is 0 Å². The van der Waals surface area contributed by atoms with Crippen LogP contribution in [-0.4, -0.2) is 41.7 Å². The molecule has 4 N–H and O–H groups in total. The molecule has 5 aliphatic rings. The van der Waals surface area contributed by atoms with Crippen LogP contribution in [0.1, 0.15) is 82.4 Å². The number of guanidine groups is 1. The lowest BCUT2D eigenvalue weighted by Gasteiger charge is -2.53. The van der Waals surface area contributed by atoms with Gasteiger partial charge in [-0.1, -0.05) is 64.9 Å². The van der Waals surface area contributed by atoms with E-state index in [9.17, 15) is 5.26 Å². The average Bonchev–Trinajstić information content (AvgIpc) is 3.12. The number of hydrogen-bond acceptors (Lipinski definition) is 6. The van der Waals surface area contributed by atoms with Crippen LogP contribution in [0.5, 0.6) is 0 Å². The number of fused-ring (bicyclic) bond motifs is 4. The fourth-order valence-corrected chi connectivity index (χ4v) is 8.10. The summed E-state index contributed by atoms with van der Waals surface area (Å²) in [6.45, 7) is 31.0. The maximum absolute atomic E-state index is 9.45. The third-order valence-corrected chi connectivity index (χ3v) is 11.8. The van der Waals surface area contributed by atoms with E-state index in [1.54, 1.807) is 7.05 Å². The smallest absolute Gasteiger partial charge is 0.240 e. The highest BCUT2D eigenvalue weighted by atomic mass is 15.5. The van der Waals surface area contributed by atoms with E-state index in [2.05, 4.69) is 91.5 Å². The van der Waals surface area contributed by atoms with Crippen LogP contribution in [0.4, 0.5) is 0 Å². The summed E-state index contributed by atoms with van der Waals surface area (Å²) in [6, 6.07) is 9.12. The average molecular weight is 647 g/mol. The summed E-state index contributed by atoms with van der Waals surface area (Å²) in [5.41, 5.74) is 11.7. The van der Waals surface area contributed by atoms with Crippen LogP contribution in [0.3, 0.4) is 0 Å². The molecule has 0 amide bonds. The number of hydrogen-bond donors (Lipinski definition) is 3. The molecule has 0 aromatic heterocycles. The molecule has 1 heterocycles. The molecule has 1 aromatic rings. The lowest BCUT2D eigenvalue weighted by atomic mass is 9.52. The first-order valence-corrected chi connectivity index (χ1v) is 17.4. The van der Waals surface area contributed by atoms with Crippen molar-refractivity contribution in [1.82, 2.24) is 20.5 Å². The second kappa shape index (κ2) is 14.0. The van der Waals surface area contributed by atoms with Crippen molar-refractivity contribution in [2.24, 2.45) is 32.6 Å².